The molecule has 1 aromatic carbocycles. The third-order valence-corrected chi connectivity index (χ3v) is 3.58. The molecular formula is C18H19N3O5. The molecule has 0 saturated heterocycles. The topological polar surface area (TPSA) is 101 Å². The van der Waals surface area contributed by atoms with Gasteiger partial charge in [0.2, 0.25) is 0 Å². The fourth-order valence-corrected chi connectivity index (χ4v) is 2.36. The van der Waals surface area contributed by atoms with Crippen molar-refractivity contribution in [2.24, 2.45) is 0 Å². The Labute approximate surface area is 149 Å². The third-order valence-electron chi connectivity index (χ3n) is 3.58. The first-order chi connectivity index (χ1) is 12.5. The van der Waals surface area contributed by atoms with Gasteiger partial charge in [-0.15, -0.1) is 13.2 Å². The highest BCUT2D eigenvalue weighted by molar-refractivity contribution is 5.82. The zero-order valence-corrected chi connectivity index (χ0v) is 14.1. The number of aromatic nitrogens is 2. The van der Waals surface area contributed by atoms with Crippen LogP contribution in [0.3, 0.4) is 0 Å². The summed E-state index contributed by atoms with van der Waals surface area (Å²) in [5, 5.41) is 2.76. The fraction of sp³-hybridized carbons (Fsp3) is 0.222. The average Bonchev–Trinajstić information content (AvgIpc) is 2.64. The molecule has 1 aromatic heterocycles. The van der Waals surface area contributed by atoms with Crippen molar-refractivity contribution in [1.29, 1.82) is 0 Å². The van der Waals surface area contributed by atoms with Gasteiger partial charge >= 0.3 is 5.97 Å². The van der Waals surface area contributed by atoms with Gasteiger partial charge in [0.05, 0.1) is 10.8 Å². The van der Waals surface area contributed by atoms with Crippen LogP contribution in [0.5, 0.6) is 0 Å². The zero-order chi connectivity index (χ0) is 19.1. The van der Waals surface area contributed by atoms with E-state index in [1.807, 2.05) is 0 Å². The molecule has 1 amide bonds. The first-order valence-electron chi connectivity index (χ1n) is 7.85. The molecular weight excluding hydrogens is 338 g/mol. The van der Waals surface area contributed by atoms with Crippen LogP contribution >= 0.6 is 0 Å². The van der Waals surface area contributed by atoms with Crippen molar-refractivity contribution < 1.29 is 14.3 Å². The van der Waals surface area contributed by atoms with Crippen molar-refractivity contribution in [3.63, 3.8) is 0 Å². The van der Waals surface area contributed by atoms with Crippen LogP contribution in [0.15, 0.2) is 59.2 Å². The second-order valence-corrected chi connectivity index (χ2v) is 5.41. The molecule has 26 heavy (non-hydrogen) atoms. The maximum Gasteiger partial charge on any atom is 0.328 e. The molecule has 2 aromatic rings. The Morgan fingerprint density at radius 1 is 1.12 bits per heavy atom. The van der Waals surface area contributed by atoms with Crippen molar-refractivity contribution >= 4 is 22.6 Å². The van der Waals surface area contributed by atoms with Gasteiger partial charge in [-0.2, -0.15) is 0 Å². The molecule has 0 atom stereocenters. The number of ether oxygens (including phenoxy) is 1. The number of esters is 1. The molecule has 0 aliphatic heterocycles. The van der Waals surface area contributed by atoms with Gasteiger partial charge in [0.15, 0.2) is 6.61 Å². The van der Waals surface area contributed by atoms with Gasteiger partial charge in [-0.1, -0.05) is 24.3 Å². The smallest absolute Gasteiger partial charge is 0.328 e. The Morgan fingerprint density at radius 2 is 1.73 bits per heavy atom. The number of hydrogen-bond donors (Lipinski definition) is 1. The molecule has 0 saturated carbocycles. The van der Waals surface area contributed by atoms with Crippen LogP contribution < -0.4 is 11.1 Å². The summed E-state index contributed by atoms with van der Waals surface area (Å²) in [7, 11) is 0. The van der Waals surface area contributed by atoms with E-state index < -0.39 is 36.1 Å². The molecule has 8 heteroatoms. The van der Waals surface area contributed by atoms with Gasteiger partial charge in [-0.05, 0) is 12.1 Å². The maximum atomic E-state index is 12.3. The van der Waals surface area contributed by atoms with E-state index in [2.05, 4.69) is 18.3 Å². The normalized spacial score (nSPS) is 10.3. The second kappa shape index (κ2) is 8.61. The average molecular weight is 357 g/mol. The van der Waals surface area contributed by atoms with Crippen LogP contribution in [-0.2, 0) is 20.9 Å². The number of nitrogens with zero attached hydrogens (tertiary/aromatic N) is 2. The number of carbonyl (C=O) groups excluding carboxylic acids is 2. The monoisotopic (exact) mass is 357 g/mol. The van der Waals surface area contributed by atoms with E-state index in [1.54, 1.807) is 24.3 Å². The molecule has 0 aliphatic carbocycles. The van der Waals surface area contributed by atoms with Gasteiger partial charge < -0.3 is 9.64 Å². The van der Waals surface area contributed by atoms with E-state index in [4.69, 9.17) is 4.74 Å². The second-order valence-electron chi connectivity index (χ2n) is 5.41. The Bertz CT molecular complexity index is 947. The summed E-state index contributed by atoms with van der Waals surface area (Å²) in [5.41, 5.74) is -1.02. The lowest BCUT2D eigenvalue weighted by Crippen LogP contribution is -2.36. The molecule has 0 radical (unpaired) electrons. The quantitative estimate of drug-likeness (QED) is 0.545. The SMILES string of the molecule is C=CCN(CC=C)C(=O)COC(=O)Cn1[nH]c(=O)c2ccccc2c1=O. The largest absolute Gasteiger partial charge is 0.454 e. The van der Waals surface area contributed by atoms with E-state index in [-0.39, 0.29) is 10.8 Å². The van der Waals surface area contributed by atoms with Crippen LogP contribution in [-0.4, -0.2) is 46.3 Å². The number of carbonyl (C=O) groups is 2. The minimum atomic E-state index is -0.816. The number of H-pyrrole nitrogens is 1. The number of hydrogen-bond acceptors (Lipinski definition) is 5. The molecule has 0 fully saturated rings. The Kier molecular flexibility index (Phi) is 6.26. The Morgan fingerprint density at radius 3 is 2.35 bits per heavy atom. The van der Waals surface area contributed by atoms with Crippen molar-refractivity contribution in [2.75, 3.05) is 19.7 Å². The lowest BCUT2D eigenvalue weighted by atomic mass is 10.2. The van der Waals surface area contributed by atoms with Gasteiger partial charge in [0.25, 0.3) is 17.0 Å². The summed E-state index contributed by atoms with van der Waals surface area (Å²) < 4.78 is 5.77. The summed E-state index contributed by atoms with van der Waals surface area (Å²) in [6, 6.07) is 6.28. The molecule has 1 N–H and O–H groups in total. The predicted molar refractivity (Wildman–Crippen MR) is 96.8 cm³/mol. The van der Waals surface area contributed by atoms with Crippen LogP contribution in [0.1, 0.15) is 0 Å². The Hall–Kier alpha value is -3.42. The van der Waals surface area contributed by atoms with E-state index >= 15 is 0 Å². The molecule has 8 nitrogen and oxygen atoms in total. The van der Waals surface area contributed by atoms with Crippen molar-refractivity contribution in [3.8, 4) is 0 Å². The lowest BCUT2D eigenvalue weighted by molar-refractivity contribution is -0.152. The molecule has 0 unspecified atom stereocenters. The van der Waals surface area contributed by atoms with E-state index in [1.165, 1.54) is 17.0 Å². The highest BCUT2D eigenvalue weighted by Gasteiger charge is 2.15. The molecule has 1 heterocycles. The van der Waals surface area contributed by atoms with Gasteiger partial charge in [0.1, 0.15) is 6.54 Å². The highest BCUT2D eigenvalue weighted by atomic mass is 16.5. The minimum absolute atomic E-state index is 0.197. The maximum absolute atomic E-state index is 12.3. The summed E-state index contributed by atoms with van der Waals surface area (Å²) in [6.07, 6.45) is 3.09. The number of rotatable bonds is 8. The van der Waals surface area contributed by atoms with Crippen LogP contribution in [0, 0.1) is 0 Å². The molecule has 0 aliphatic rings. The number of fused-ring (bicyclic) bond motifs is 1. The summed E-state index contributed by atoms with van der Waals surface area (Å²) in [6.45, 7) is 6.70. The summed E-state index contributed by atoms with van der Waals surface area (Å²) >= 11 is 0. The first kappa shape index (κ1) is 18.9. The van der Waals surface area contributed by atoms with Crippen LogP contribution in [0.4, 0.5) is 0 Å². The van der Waals surface area contributed by atoms with E-state index in [0.29, 0.717) is 13.1 Å². The number of benzene rings is 1. The number of aromatic amines is 1. The first-order valence-corrected chi connectivity index (χ1v) is 7.85. The van der Waals surface area contributed by atoms with Gasteiger partial charge in [0, 0.05) is 13.1 Å². The minimum Gasteiger partial charge on any atom is -0.454 e. The standard InChI is InChI=1S/C18H19N3O5/c1-3-9-20(10-4-2)15(22)12-26-16(23)11-21-18(25)14-8-6-5-7-13(14)17(24)19-21/h3-8H,1-2,9-12H2,(H,19,24). The van der Waals surface area contributed by atoms with Gasteiger partial charge in [-0.25, -0.2) is 4.68 Å². The summed E-state index contributed by atoms with van der Waals surface area (Å²) in [4.78, 5) is 49.6. The van der Waals surface area contributed by atoms with Crippen LogP contribution in [0.2, 0.25) is 0 Å². The molecule has 0 bridgehead atoms. The summed E-state index contributed by atoms with van der Waals surface area (Å²) in [5.74, 6) is -1.24. The van der Waals surface area contributed by atoms with Crippen molar-refractivity contribution in [1.82, 2.24) is 14.7 Å². The fourth-order valence-electron chi connectivity index (χ4n) is 2.36. The lowest BCUT2D eigenvalue weighted by Gasteiger charge is -2.19. The Balaban J connectivity index is 2.07. The molecule has 0 spiro atoms. The third kappa shape index (κ3) is 4.35. The van der Waals surface area contributed by atoms with Crippen molar-refractivity contribution in [2.45, 2.75) is 6.54 Å². The van der Waals surface area contributed by atoms with E-state index in [9.17, 15) is 19.2 Å². The predicted octanol–water partition coefficient (Wildman–Crippen LogP) is 0.434. The van der Waals surface area contributed by atoms with E-state index in [0.717, 1.165) is 4.68 Å². The van der Waals surface area contributed by atoms with Crippen LogP contribution in [0.25, 0.3) is 10.8 Å². The highest BCUT2D eigenvalue weighted by Crippen LogP contribution is 2.02. The van der Waals surface area contributed by atoms with Gasteiger partial charge in [-0.3, -0.25) is 24.3 Å². The number of amides is 1. The van der Waals surface area contributed by atoms with Crippen molar-refractivity contribution in [3.05, 3.63) is 70.3 Å². The zero-order valence-electron chi connectivity index (χ0n) is 14.1. The number of nitrogens with one attached hydrogen (secondary N) is 1. The molecule has 136 valence electrons. The molecule has 2 rings (SSSR count).